The molecule has 5 rings (SSSR count). The van der Waals surface area contributed by atoms with Gasteiger partial charge < -0.3 is 10.4 Å². The topological polar surface area (TPSA) is 52.1 Å². The molecule has 0 bridgehead atoms. The van der Waals surface area contributed by atoms with E-state index in [0.717, 1.165) is 31.4 Å². The first kappa shape index (κ1) is 13.5. The molecule has 1 aromatic heterocycles. The molecule has 5 heteroatoms. The molecule has 0 fully saturated rings. The Balaban J connectivity index is 1.87. The van der Waals surface area contributed by atoms with Crippen LogP contribution in [0.3, 0.4) is 0 Å². The molecule has 0 radical (unpaired) electrons. The van der Waals surface area contributed by atoms with Gasteiger partial charge in [-0.25, -0.2) is 4.73 Å². The first-order valence-electron chi connectivity index (χ1n) is 7.53. The SMILES string of the molecule is [O-][n+]1c2c(n(O)c1-c1ccc(Cl)cc1)-c1cccc3cccc-2c13. The van der Waals surface area contributed by atoms with Gasteiger partial charge in [-0.15, -0.1) is 0 Å². The van der Waals surface area contributed by atoms with Gasteiger partial charge in [0.2, 0.25) is 5.69 Å². The van der Waals surface area contributed by atoms with Crippen molar-refractivity contribution in [2.24, 2.45) is 0 Å². The summed E-state index contributed by atoms with van der Waals surface area (Å²) in [4.78, 5) is 0. The van der Waals surface area contributed by atoms with Crippen LogP contribution in [0.5, 0.6) is 0 Å². The number of nitrogens with zero attached hydrogens (tertiary/aromatic N) is 2. The van der Waals surface area contributed by atoms with Crippen LogP contribution >= 0.6 is 11.6 Å². The Bertz CT molecular complexity index is 1070. The second kappa shape index (κ2) is 4.52. The summed E-state index contributed by atoms with van der Waals surface area (Å²) in [6.07, 6.45) is 0. The van der Waals surface area contributed by atoms with Gasteiger partial charge >= 0.3 is 5.82 Å². The van der Waals surface area contributed by atoms with E-state index >= 15 is 0 Å². The van der Waals surface area contributed by atoms with Gasteiger partial charge in [0.05, 0.1) is 5.56 Å². The van der Waals surface area contributed by atoms with Gasteiger partial charge in [-0.2, -0.15) is 0 Å². The van der Waals surface area contributed by atoms with Gasteiger partial charge in [-0.05, 0) is 46.5 Å². The second-order valence-corrected chi connectivity index (χ2v) is 6.28. The zero-order valence-electron chi connectivity index (χ0n) is 12.4. The van der Waals surface area contributed by atoms with Crippen molar-refractivity contribution in [2.45, 2.75) is 0 Å². The van der Waals surface area contributed by atoms with E-state index in [2.05, 4.69) is 0 Å². The Morgan fingerprint density at radius 2 is 1.58 bits per heavy atom. The van der Waals surface area contributed by atoms with Crippen LogP contribution in [0.2, 0.25) is 5.02 Å². The molecule has 0 amide bonds. The highest BCUT2D eigenvalue weighted by Gasteiger charge is 2.37. The number of imidazole rings is 1. The van der Waals surface area contributed by atoms with Gasteiger partial charge in [-0.3, -0.25) is 0 Å². The minimum absolute atomic E-state index is 0.183. The number of rotatable bonds is 1. The molecule has 1 N–H and O–H groups in total. The molecule has 0 spiro atoms. The lowest BCUT2D eigenvalue weighted by Gasteiger charge is -2.07. The van der Waals surface area contributed by atoms with E-state index in [9.17, 15) is 10.4 Å². The molecule has 0 unspecified atom stereocenters. The van der Waals surface area contributed by atoms with Crippen molar-refractivity contribution in [3.8, 4) is 33.9 Å². The van der Waals surface area contributed by atoms with Gasteiger partial charge in [0.1, 0.15) is 0 Å². The summed E-state index contributed by atoms with van der Waals surface area (Å²) < 4.78 is 1.79. The highest BCUT2D eigenvalue weighted by atomic mass is 35.5. The number of benzene rings is 3. The van der Waals surface area contributed by atoms with E-state index in [1.807, 2.05) is 36.4 Å². The fourth-order valence-corrected chi connectivity index (χ4v) is 3.67. The van der Waals surface area contributed by atoms with Crippen molar-refractivity contribution in [2.75, 3.05) is 0 Å². The van der Waals surface area contributed by atoms with E-state index < -0.39 is 0 Å². The lowest BCUT2D eigenvalue weighted by molar-refractivity contribution is -0.582. The first-order valence-corrected chi connectivity index (χ1v) is 7.90. The van der Waals surface area contributed by atoms with Crippen molar-refractivity contribution in [3.05, 3.63) is 70.9 Å². The number of hydrogen-bond donors (Lipinski definition) is 1. The monoisotopic (exact) mass is 334 g/mol. The number of halogens is 1. The highest BCUT2D eigenvalue weighted by molar-refractivity contribution is 6.30. The zero-order valence-corrected chi connectivity index (χ0v) is 13.2. The number of fused-ring (bicyclic) bond motifs is 3. The molecule has 1 aliphatic carbocycles. The minimum atomic E-state index is 0.183. The molecule has 3 aromatic carbocycles. The van der Waals surface area contributed by atoms with Crippen LogP contribution in [0.15, 0.2) is 60.7 Å². The standard InChI is InChI=1S/C19H11ClN2O2/c20-13-9-7-12(8-10-13)19-21(23)17-14-5-1-3-11-4-2-6-15(16(11)14)18(17)22(19)24/h1-10,23H. The third-order valence-electron chi connectivity index (χ3n) is 4.55. The van der Waals surface area contributed by atoms with Crippen molar-refractivity contribution in [1.29, 1.82) is 0 Å². The molecule has 1 heterocycles. The average molecular weight is 335 g/mol. The molecule has 116 valence electrons. The first-order chi connectivity index (χ1) is 11.7. The Kier molecular flexibility index (Phi) is 2.54. The lowest BCUT2D eigenvalue weighted by Crippen LogP contribution is -2.29. The Labute approximate surface area is 142 Å². The molecule has 0 aliphatic heterocycles. The van der Waals surface area contributed by atoms with Crippen molar-refractivity contribution < 1.29 is 9.94 Å². The molecule has 4 aromatic rings. The average Bonchev–Trinajstić information content (AvgIpc) is 3.06. The predicted molar refractivity (Wildman–Crippen MR) is 93.0 cm³/mol. The van der Waals surface area contributed by atoms with Crippen molar-refractivity contribution in [1.82, 2.24) is 4.73 Å². The van der Waals surface area contributed by atoms with Crippen LogP contribution in [0, 0.1) is 5.21 Å². The highest BCUT2D eigenvalue weighted by Crippen LogP contribution is 2.46. The van der Waals surface area contributed by atoms with E-state index in [1.54, 1.807) is 24.3 Å². The lowest BCUT2D eigenvalue weighted by atomic mass is 10.0. The number of aromatic nitrogens is 2. The molecule has 1 aliphatic rings. The number of hydrogen-bond acceptors (Lipinski definition) is 2. The second-order valence-electron chi connectivity index (χ2n) is 5.84. The summed E-state index contributed by atoms with van der Waals surface area (Å²) in [6.45, 7) is 0. The molecule has 0 saturated carbocycles. The maximum atomic E-state index is 13.0. The summed E-state index contributed by atoms with van der Waals surface area (Å²) in [7, 11) is 0. The Hall–Kier alpha value is -2.98. The third-order valence-corrected chi connectivity index (χ3v) is 4.80. The maximum absolute atomic E-state index is 13.0. The van der Waals surface area contributed by atoms with Gasteiger partial charge in [0.25, 0.3) is 0 Å². The van der Waals surface area contributed by atoms with Crippen molar-refractivity contribution >= 4 is 22.4 Å². The van der Waals surface area contributed by atoms with Crippen LogP contribution in [0.25, 0.3) is 44.7 Å². The Morgan fingerprint density at radius 1 is 0.917 bits per heavy atom. The van der Waals surface area contributed by atoms with Crippen LogP contribution in [0.1, 0.15) is 0 Å². The minimum Gasteiger partial charge on any atom is -0.710 e. The fraction of sp³-hybridized carbons (Fsp3) is 0. The summed E-state index contributed by atoms with van der Waals surface area (Å²) in [5.74, 6) is 0.183. The molecule has 24 heavy (non-hydrogen) atoms. The van der Waals surface area contributed by atoms with Crippen LogP contribution in [-0.4, -0.2) is 9.94 Å². The van der Waals surface area contributed by atoms with Gasteiger partial charge in [0, 0.05) is 21.5 Å². The van der Waals surface area contributed by atoms with Crippen LogP contribution < -0.4 is 4.73 Å². The summed E-state index contributed by atoms with van der Waals surface area (Å²) in [6, 6.07) is 18.5. The van der Waals surface area contributed by atoms with Crippen LogP contribution in [-0.2, 0) is 0 Å². The fourth-order valence-electron chi connectivity index (χ4n) is 3.55. The molecule has 4 nitrogen and oxygen atoms in total. The molecule has 0 saturated heterocycles. The zero-order chi connectivity index (χ0) is 16.4. The summed E-state index contributed by atoms with van der Waals surface area (Å²) >= 11 is 5.92. The van der Waals surface area contributed by atoms with Gasteiger partial charge in [0.15, 0.2) is 5.69 Å². The van der Waals surface area contributed by atoms with Crippen LogP contribution in [0.4, 0.5) is 0 Å². The smallest absolute Gasteiger partial charge is 0.332 e. The van der Waals surface area contributed by atoms with E-state index in [-0.39, 0.29) is 5.82 Å². The third kappa shape index (κ3) is 1.56. The predicted octanol–water partition coefficient (Wildman–Crippen LogP) is 4.48. The Morgan fingerprint density at radius 3 is 2.29 bits per heavy atom. The summed E-state index contributed by atoms with van der Waals surface area (Å²) in [5, 5.41) is 26.3. The molecular weight excluding hydrogens is 324 g/mol. The van der Waals surface area contributed by atoms with E-state index in [1.165, 1.54) is 0 Å². The van der Waals surface area contributed by atoms with Crippen molar-refractivity contribution in [3.63, 3.8) is 0 Å². The molecule has 0 atom stereocenters. The van der Waals surface area contributed by atoms with Gasteiger partial charge in [-0.1, -0.05) is 35.9 Å². The normalized spacial score (nSPS) is 11.9. The molecular formula is C19H11ClN2O2. The largest absolute Gasteiger partial charge is 0.710 e. The van der Waals surface area contributed by atoms with E-state index in [0.29, 0.717) is 22.0 Å². The quantitative estimate of drug-likeness (QED) is 0.279. The maximum Gasteiger partial charge on any atom is 0.332 e. The van der Waals surface area contributed by atoms with E-state index in [4.69, 9.17) is 11.6 Å². The summed E-state index contributed by atoms with van der Waals surface area (Å²) in [5.41, 5.74) is 3.33.